The zero-order valence-electron chi connectivity index (χ0n) is 21.8. The molecular formula is C31H44O4. The van der Waals surface area contributed by atoms with Crippen molar-refractivity contribution >= 4 is 0 Å². The lowest BCUT2D eigenvalue weighted by Gasteiger charge is -2.34. The molecule has 35 heavy (non-hydrogen) atoms. The molecule has 0 atom stereocenters. The van der Waals surface area contributed by atoms with Gasteiger partial charge in [-0.2, -0.15) is 0 Å². The summed E-state index contributed by atoms with van der Waals surface area (Å²) in [6, 6.07) is 5.59. The van der Waals surface area contributed by atoms with Gasteiger partial charge < -0.3 is 20.1 Å². The van der Waals surface area contributed by atoms with E-state index in [1.54, 1.807) is 12.1 Å². The van der Waals surface area contributed by atoms with Gasteiger partial charge in [0.25, 0.3) is 0 Å². The van der Waals surface area contributed by atoms with Gasteiger partial charge in [-0.1, -0.05) is 64.2 Å². The fourth-order valence-corrected chi connectivity index (χ4v) is 5.80. The van der Waals surface area contributed by atoms with Crippen molar-refractivity contribution in [3.05, 3.63) is 34.9 Å². The van der Waals surface area contributed by atoms with Crippen LogP contribution in [-0.2, 0) is 19.3 Å². The first-order valence-corrected chi connectivity index (χ1v) is 14.0. The average Bonchev–Trinajstić information content (AvgIpc) is 2.79. The number of aromatic hydroxyl groups is 3. The van der Waals surface area contributed by atoms with Gasteiger partial charge >= 0.3 is 0 Å². The second-order valence-corrected chi connectivity index (χ2v) is 11.3. The highest BCUT2D eigenvalue weighted by Crippen LogP contribution is 2.50. The first kappa shape index (κ1) is 25.7. The van der Waals surface area contributed by atoms with Crippen LogP contribution in [0.4, 0.5) is 0 Å². The predicted molar refractivity (Wildman–Crippen MR) is 143 cm³/mol. The molecule has 192 valence electrons. The Kier molecular flexibility index (Phi) is 8.51. The van der Waals surface area contributed by atoms with E-state index in [0.29, 0.717) is 17.5 Å². The molecule has 2 aliphatic carbocycles. The number of ether oxygens (including phenoxy) is 1. The third-order valence-electron chi connectivity index (χ3n) is 7.88. The van der Waals surface area contributed by atoms with Crippen LogP contribution in [0.5, 0.6) is 23.0 Å². The zero-order chi connectivity index (χ0) is 24.8. The van der Waals surface area contributed by atoms with E-state index in [1.807, 2.05) is 6.07 Å². The van der Waals surface area contributed by atoms with Crippen LogP contribution >= 0.6 is 0 Å². The highest BCUT2D eigenvalue weighted by molar-refractivity contribution is 5.85. The predicted octanol–water partition coefficient (Wildman–Crippen LogP) is 8.35. The number of hydrogen-bond acceptors (Lipinski definition) is 4. The molecule has 3 N–H and O–H groups in total. The molecule has 0 fully saturated rings. The van der Waals surface area contributed by atoms with Gasteiger partial charge in [0.15, 0.2) is 0 Å². The minimum Gasteiger partial charge on any atom is -0.507 e. The third kappa shape index (κ3) is 6.45. The van der Waals surface area contributed by atoms with Crippen molar-refractivity contribution in [2.45, 2.75) is 122 Å². The van der Waals surface area contributed by atoms with E-state index in [1.165, 1.54) is 57.8 Å². The molecule has 4 nitrogen and oxygen atoms in total. The third-order valence-corrected chi connectivity index (χ3v) is 7.88. The molecule has 1 aliphatic heterocycles. The summed E-state index contributed by atoms with van der Waals surface area (Å²) in [5.41, 5.74) is 3.31. The molecule has 2 aromatic rings. The Bertz CT molecular complexity index is 985. The zero-order valence-corrected chi connectivity index (χ0v) is 21.8. The van der Waals surface area contributed by atoms with Crippen molar-refractivity contribution in [2.24, 2.45) is 0 Å². The lowest BCUT2D eigenvalue weighted by atomic mass is 9.86. The van der Waals surface area contributed by atoms with E-state index < -0.39 is 0 Å². The summed E-state index contributed by atoms with van der Waals surface area (Å²) >= 11 is 0. The fourth-order valence-electron chi connectivity index (χ4n) is 5.80. The van der Waals surface area contributed by atoms with Gasteiger partial charge in [-0.15, -0.1) is 0 Å². The van der Waals surface area contributed by atoms with Gasteiger partial charge in [0.1, 0.15) is 28.6 Å². The van der Waals surface area contributed by atoms with Gasteiger partial charge in [-0.05, 0) is 81.7 Å². The minimum absolute atomic E-state index is 0.0444. The summed E-state index contributed by atoms with van der Waals surface area (Å²) < 4.78 is 6.26. The van der Waals surface area contributed by atoms with Crippen LogP contribution in [0.2, 0.25) is 0 Å². The molecule has 2 bridgehead atoms. The number of aryl methyl sites for hydroxylation is 2. The SMILES string of the molecule is CC1(C)CCc2c(cc3c(c2O)-c2c(O)cc(cc2O)CCCCCCCCCCCCCC3)O1. The molecule has 2 aromatic carbocycles. The van der Waals surface area contributed by atoms with Gasteiger partial charge in [-0.3, -0.25) is 0 Å². The van der Waals surface area contributed by atoms with E-state index in [4.69, 9.17) is 4.74 Å². The second kappa shape index (κ2) is 11.6. The Morgan fingerprint density at radius 3 is 1.71 bits per heavy atom. The van der Waals surface area contributed by atoms with Crippen LogP contribution in [0.25, 0.3) is 11.1 Å². The lowest BCUT2D eigenvalue weighted by Crippen LogP contribution is -2.32. The first-order valence-electron chi connectivity index (χ1n) is 14.0. The van der Waals surface area contributed by atoms with Crippen LogP contribution in [0.3, 0.4) is 0 Å². The number of phenolic OH excluding ortho intramolecular Hbond substituents is 3. The number of benzene rings is 2. The van der Waals surface area contributed by atoms with Crippen molar-refractivity contribution in [3.63, 3.8) is 0 Å². The molecule has 0 spiro atoms. The Hall–Kier alpha value is -2.36. The maximum absolute atomic E-state index is 11.4. The molecule has 5 rings (SSSR count). The van der Waals surface area contributed by atoms with Gasteiger partial charge in [0.05, 0.1) is 5.56 Å². The molecule has 0 amide bonds. The van der Waals surface area contributed by atoms with Crippen molar-refractivity contribution in [2.75, 3.05) is 0 Å². The Balaban J connectivity index is 1.70. The summed E-state index contributed by atoms with van der Waals surface area (Å²) in [5, 5.41) is 33.5. The van der Waals surface area contributed by atoms with E-state index in [2.05, 4.69) is 13.8 Å². The molecule has 4 heteroatoms. The number of rotatable bonds is 0. The van der Waals surface area contributed by atoms with Gasteiger partial charge in [0.2, 0.25) is 0 Å². The van der Waals surface area contributed by atoms with Crippen LogP contribution in [0, 0.1) is 0 Å². The molecule has 0 radical (unpaired) electrons. The monoisotopic (exact) mass is 480 g/mol. The molecular weight excluding hydrogens is 436 g/mol. The standard InChI is InChI=1S/C31H44O4/c1-31(2)18-17-24-27(35-31)21-23-16-14-12-10-8-6-4-3-5-7-9-11-13-15-22-19-25(32)29(26(33)20-22)28(23)30(24)34/h19-21,32-34H,3-18H2,1-2H3. The average molecular weight is 481 g/mol. The fraction of sp³-hybridized carbons (Fsp3) is 0.613. The maximum Gasteiger partial charge on any atom is 0.130 e. The Morgan fingerprint density at radius 1 is 0.629 bits per heavy atom. The summed E-state index contributed by atoms with van der Waals surface area (Å²) in [4.78, 5) is 0. The summed E-state index contributed by atoms with van der Waals surface area (Å²) in [6.07, 6.45) is 17.9. The number of phenols is 3. The lowest BCUT2D eigenvalue weighted by molar-refractivity contribution is 0.0836. The smallest absolute Gasteiger partial charge is 0.130 e. The first-order chi connectivity index (χ1) is 16.9. The highest BCUT2D eigenvalue weighted by Gasteiger charge is 2.32. The number of fused-ring (bicyclic) bond motifs is 16. The summed E-state index contributed by atoms with van der Waals surface area (Å²) in [6.45, 7) is 4.16. The summed E-state index contributed by atoms with van der Waals surface area (Å²) in [7, 11) is 0. The van der Waals surface area contributed by atoms with Crippen LogP contribution in [-0.4, -0.2) is 20.9 Å². The number of hydrogen-bond donors (Lipinski definition) is 3. The van der Waals surface area contributed by atoms with Crippen molar-refractivity contribution in [1.82, 2.24) is 0 Å². The quantitative estimate of drug-likeness (QED) is 0.354. The second-order valence-electron chi connectivity index (χ2n) is 11.3. The molecule has 0 saturated heterocycles. The topological polar surface area (TPSA) is 69.9 Å². The summed E-state index contributed by atoms with van der Waals surface area (Å²) in [5.74, 6) is 0.974. The molecule has 0 unspecified atom stereocenters. The van der Waals surface area contributed by atoms with Crippen LogP contribution in [0.1, 0.15) is 114 Å². The van der Waals surface area contributed by atoms with Crippen molar-refractivity contribution < 1.29 is 20.1 Å². The van der Waals surface area contributed by atoms with Crippen molar-refractivity contribution in [1.29, 1.82) is 0 Å². The van der Waals surface area contributed by atoms with Crippen LogP contribution < -0.4 is 4.74 Å². The molecule has 0 aromatic heterocycles. The van der Waals surface area contributed by atoms with E-state index in [0.717, 1.165) is 61.0 Å². The highest BCUT2D eigenvalue weighted by atomic mass is 16.5. The van der Waals surface area contributed by atoms with E-state index in [-0.39, 0.29) is 22.8 Å². The van der Waals surface area contributed by atoms with Gasteiger partial charge in [0, 0.05) is 11.1 Å². The largest absolute Gasteiger partial charge is 0.507 e. The maximum atomic E-state index is 11.4. The van der Waals surface area contributed by atoms with E-state index >= 15 is 0 Å². The Morgan fingerprint density at radius 2 is 1.14 bits per heavy atom. The molecule has 3 aliphatic rings. The molecule has 1 heterocycles. The van der Waals surface area contributed by atoms with Crippen LogP contribution in [0.15, 0.2) is 18.2 Å². The Labute approximate surface area is 211 Å². The normalized spacial score (nSPS) is 19.8. The van der Waals surface area contributed by atoms with E-state index in [9.17, 15) is 15.3 Å². The minimum atomic E-state index is -0.271. The van der Waals surface area contributed by atoms with Gasteiger partial charge in [-0.25, -0.2) is 0 Å². The van der Waals surface area contributed by atoms with Crippen molar-refractivity contribution in [3.8, 4) is 34.1 Å². The molecule has 0 saturated carbocycles.